The third-order valence-corrected chi connectivity index (χ3v) is 4.75. The van der Waals surface area contributed by atoms with Crippen molar-refractivity contribution in [3.8, 4) is 0 Å². The van der Waals surface area contributed by atoms with Gasteiger partial charge >= 0.3 is 0 Å². The van der Waals surface area contributed by atoms with Crippen LogP contribution >= 0.6 is 0 Å². The van der Waals surface area contributed by atoms with Crippen molar-refractivity contribution >= 4 is 0 Å². The van der Waals surface area contributed by atoms with Gasteiger partial charge in [-0.2, -0.15) is 0 Å². The van der Waals surface area contributed by atoms with Crippen LogP contribution in [0.5, 0.6) is 0 Å². The van der Waals surface area contributed by atoms with Gasteiger partial charge in [0.2, 0.25) is 0 Å². The molecule has 0 amide bonds. The molecule has 6 nitrogen and oxygen atoms in total. The lowest BCUT2D eigenvalue weighted by Crippen LogP contribution is -2.60. The monoisotopic (exact) mass is 371 g/mol. The van der Waals surface area contributed by atoms with E-state index in [2.05, 4.69) is 13.8 Å². The third-order valence-electron chi connectivity index (χ3n) is 4.75. The van der Waals surface area contributed by atoms with Crippen molar-refractivity contribution in [3.63, 3.8) is 0 Å². The molecule has 1 aliphatic rings. The standard InChI is InChI=1S/C19H30FNO5/c1-12(2)6-7-21(9-13-4-3-5-14(20)8-13)10-15-17(23)19(25)18(24)16(11-22)26-15/h3-5,8,12,15-19,22-25H,6-7,9-11H2,1-2H3/t15-,16+,17+,18+,19+/m0/s1. The van der Waals surface area contributed by atoms with E-state index in [1.807, 2.05) is 11.0 Å². The first-order valence-corrected chi connectivity index (χ1v) is 9.09. The maximum absolute atomic E-state index is 13.5. The van der Waals surface area contributed by atoms with Gasteiger partial charge in [-0.05, 0) is 36.6 Å². The molecule has 0 aromatic heterocycles. The molecule has 0 unspecified atom stereocenters. The first-order valence-electron chi connectivity index (χ1n) is 9.09. The summed E-state index contributed by atoms with van der Waals surface area (Å²) in [6, 6.07) is 6.34. The second kappa shape index (κ2) is 9.73. The quantitative estimate of drug-likeness (QED) is 0.532. The van der Waals surface area contributed by atoms with E-state index in [-0.39, 0.29) is 5.82 Å². The molecule has 0 bridgehead atoms. The molecule has 1 aliphatic heterocycles. The number of hydrogen-bond donors (Lipinski definition) is 4. The highest BCUT2D eigenvalue weighted by molar-refractivity contribution is 5.16. The lowest BCUT2D eigenvalue weighted by Gasteiger charge is -2.42. The zero-order chi connectivity index (χ0) is 19.3. The maximum atomic E-state index is 13.5. The molecule has 0 aliphatic carbocycles. The molecule has 1 aromatic rings. The summed E-state index contributed by atoms with van der Waals surface area (Å²) in [6.07, 6.45) is -4.77. The van der Waals surface area contributed by atoms with E-state index in [1.54, 1.807) is 6.07 Å². The topological polar surface area (TPSA) is 93.4 Å². The van der Waals surface area contributed by atoms with Gasteiger partial charge in [-0.15, -0.1) is 0 Å². The minimum Gasteiger partial charge on any atom is -0.394 e. The van der Waals surface area contributed by atoms with Crippen LogP contribution in [0.15, 0.2) is 24.3 Å². The number of benzene rings is 1. The Balaban J connectivity index is 2.09. The molecule has 7 heteroatoms. The average Bonchev–Trinajstić information content (AvgIpc) is 2.60. The van der Waals surface area contributed by atoms with Gasteiger partial charge in [0.05, 0.1) is 12.7 Å². The Morgan fingerprint density at radius 3 is 2.42 bits per heavy atom. The Morgan fingerprint density at radius 2 is 1.81 bits per heavy atom. The fraction of sp³-hybridized carbons (Fsp3) is 0.684. The zero-order valence-corrected chi connectivity index (χ0v) is 15.3. The number of rotatable bonds is 8. The summed E-state index contributed by atoms with van der Waals surface area (Å²) in [6.45, 7) is 5.24. The number of halogens is 1. The van der Waals surface area contributed by atoms with Gasteiger partial charge in [0.1, 0.15) is 30.2 Å². The van der Waals surface area contributed by atoms with Crippen LogP contribution in [0, 0.1) is 11.7 Å². The molecule has 4 N–H and O–H groups in total. The van der Waals surface area contributed by atoms with Crippen LogP contribution in [-0.2, 0) is 11.3 Å². The van der Waals surface area contributed by atoms with Crippen LogP contribution in [-0.4, -0.2) is 75.5 Å². The Hall–Kier alpha value is -1.09. The Bertz CT molecular complexity index is 556. The highest BCUT2D eigenvalue weighted by atomic mass is 19.1. The van der Waals surface area contributed by atoms with E-state index >= 15 is 0 Å². The van der Waals surface area contributed by atoms with E-state index in [0.29, 0.717) is 25.6 Å². The van der Waals surface area contributed by atoms with Crippen LogP contribution in [0.4, 0.5) is 4.39 Å². The average molecular weight is 371 g/mol. The molecule has 2 rings (SSSR count). The molecular weight excluding hydrogens is 341 g/mol. The Kier molecular flexibility index (Phi) is 7.94. The molecule has 0 spiro atoms. The van der Waals surface area contributed by atoms with Crippen molar-refractivity contribution in [2.75, 3.05) is 19.7 Å². The molecule has 1 heterocycles. The second-order valence-electron chi connectivity index (χ2n) is 7.41. The predicted octanol–water partition coefficient (Wildman–Crippen LogP) is 0.516. The number of hydrogen-bond acceptors (Lipinski definition) is 6. The van der Waals surface area contributed by atoms with Crippen molar-refractivity contribution in [1.82, 2.24) is 4.90 Å². The summed E-state index contributed by atoms with van der Waals surface area (Å²) < 4.78 is 19.1. The molecule has 148 valence electrons. The van der Waals surface area contributed by atoms with E-state index in [4.69, 9.17) is 4.74 Å². The fourth-order valence-electron chi connectivity index (χ4n) is 3.15. The molecule has 0 saturated carbocycles. The number of aliphatic hydroxyl groups excluding tert-OH is 4. The Morgan fingerprint density at radius 1 is 1.12 bits per heavy atom. The lowest BCUT2D eigenvalue weighted by molar-refractivity contribution is -0.232. The second-order valence-corrected chi connectivity index (χ2v) is 7.41. The van der Waals surface area contributed by atoms with Gasteiger partial charge < -0.3 is 25.2 Å². The summed E-state index contributed by atoms with van der Waals surface area (Å²) in [5.41, 5.74) is 0.804. The van der Waals surface area contributed by atoms with E-state index in [1.165, 1.54) is 12.1 Å². The summed E-state index contributed by atoms with van der Waals surface area (Å²) >= 11 is 0. The SMILES string of the molecule is CC(C)CCN(Cc1cccc(F)c1)C[C@@H]1O[C@H](CO)[C@@H](O)[C@H](O)[C@@H]1O. The first kappa shape index (κ1) is 21.2. The molecule has 5 atom stereocenters. The van der Waals surface area contributed by atoms with Gasteiger partial charge in [-0.1, -0.05) is 26.0 Å². The number of ether oxygens (including phenoxy) is 1. The van der Waals surface area contributed by atoms with Crippen LogP contribution in [0.1, 0.15) is 25.8 Å². The van der Waals surface area contributed by atoms with E-state index in [9.17, 15) is 24.8 Å². The minimum absolute atomic E-state index is 0.296. The maximum Gasteiger partial charge on any atom is 0.123 e. The summed E-state index contributed by atoms with van der Waals surface area (Å²) in [7, 11) is 0. The molecule has 26 heavy (non-hydrogen) atoms. The smallest absolute Gasteiger partial charge is 0.123 e. The highest BCUT2D eigenvalue weighted by Gasteiger charge is 2.43. The summed E-state index contributed by atoms with van der Waals surface area (Å²) in [4.78, 5) is 2.03. The minimum atomic E-state index is -1.38. The van der Waals surface area contributed by atoms with Gasteiger partial charge in [-0.25, -0.2) is 4.39 Å². The molecule has 1 fully saturated rings. The van der Waals surface area contributed by atoms with Gasteiger partial charge in [0.15, 0.2) is 0 Å². The van der Waals surface area contributed by atoms with E-state index in [0.717, 1.165) is 12.0 Å². The summed E-state index contributed by atoms with van der Waals surface area (Å²) in [5.74, 6) is 0.166. The third kappa shape index (κ3) is 5.70. The molecule has 1 saturated heterocycles. The first-order chi connectivity index (χ1) is 12.3. The summed E-state index contributed by atoms with van der Waals surface area (Å²) in [5, 5.41) is 39.4. The largest absolute Gasteiger partial charge is 0.394 e. The normalized spacial score (nSPS) is 29.5. The number of aliphatic hydroxyl groups is 4. The van der Waals surface area contributed by atoms with Gasteiger partial charge in [0, 0.05) is 13.1 Å². The number of nitrogens with zero attached hydrogens (tertiary/aromatic N) is 1. The van der Waals surface area contributed by atoms with Crippen LogP contribution in [0.25, 0.3) is 0 Å². The van der Waals surface area contributed by atoms with Crippen LogP contribution in [0.3, 0.4) is 0 Å². The van der Waals surface area contributed by atoms with Crippen LogP contribution in [0.2, 0.25) is 0 Å². The molecular formula is C19H30FNO5. The zero-order valence-electron chi connectivity index (χ0n) is 15.3. The van der Waals surface area contributed by atoms with Crippen molar-refractivity contribution in [2.45, 2.75) is 57.3 Å². The predicted molar refractivity (Wildman–Crippen MR) is 94.9 cm³/mol. The highest BCUT2D eigenvalue weighted by Crippen LogP contribution is 2.23. The fourth-order valence-corrected chi connectivity index (χ4v) is 3.15. The van der Waals surface area contributed by atoms with Crippen molar-refractivity contribution in [2.24, 2.45) is 5.92 Å². The molecule has 1 aromatic carbocycles. The van der Waals surface area contributed by atoms with Gasteiger partial charge in [-0.3, -0.25) is 4.90 Å². The Labute approximate surface area is 153 Å². The van der Waals surface area contributed by atoms with Crippen molar-refractivity contribution in [1.29, 1.82) is 0 Å². The lowest BCUT2D eigenvalue weighted by atomic mass is 9.94. The van der Waals surface area contributed by atoms with Gasteiger partial charge in [0.25, 0.3) is 0 Å². The van der Waals surface area contributed by atoms with Crippen molar-refractivity contribution < 1.29 is 29.6 Å². The molecule has 0 radical (unpaired) electrons. The van der Waals surface area contributed by atoms with Crippen molar-refractivity contribution in [3.05, 3.63) is 35.6 Å². The van der Waals surface area contributed by atoms with E-state index < -0.39 is 37.1 Å². The van der Waals surface area contributed by atoms with Crippen LogP contribution < -0.4 is 0 Å².